The molecule has 3 nitrogen and oxygen atoms in total. The van der Waals surface area contributed by atoms with E-state index in [1.807, 2.05) is 0 Å². The fourth-order valence-electron chi connectivity index (χ4n) is 0.153. The van der Waals surface area contributed by atoms with Crippen molar-refractivity contribution in [2.24, 2.45) is 0 Å². The average Bonchev–Trinajstić information content (AvgIpc) is 1.57. The maximum atomic E-state index is 10.2. The van der Waals surface area contributed by atoms with Crippen LogP contribution >= 0.6 is 53.0 Å². The largest absolute Gasteiger partial charge is 0.421 e. The quantitative estimate of drug-likeness (QED) is 0.603. The Morgan fingerprint density at radius 1 is 1.50 bits per heavy atom. The Morgan fingerprint density at radius 3 is 2.00 bits per heavy atom. The maximum Gasteiger partial charge on any atom is 0.421 e. The fraction of sp³-hybridized carbons (Fsp3) is 1.00. The minimum atomic E-state index is -4.04. The van der Waals surface area contributed by atoms with Crippen molar-refractivity contribution in [3.63, 3.8) is 0 Å². The molecule has 8 heteroatoms. The highest BCUT2D eigenvalue weighted by Gasteiger charge is 2.25. The van der Waals surface area contributed by atoms with E-state index in [1.54, 1.807) is 0 Å². The van der Waals surface area contributed by atoms with Gasteiger partial charge in [0.25, 0.3) is 0 Å². The number of halogens is 4. The van der Waals surface area contributed by atoms with Crippen LogP contribution in [0.25, 0.3) is 0 Å². The summed E-state index contributed by atoms with van der Waals surface area (Å²) in [4.78, 5) is 8.30. The number of alkyl halides is 3. The van der Waals surface area contributed by atoms with Crippen molar-refractivity contribution in [1.82, 2.24) is 0 Å². The van der Waals surface area contributed by atoms with Crippen LogP contribution in [0.1, 0.15) is 0 Å². The molecule has 0 bridgehead atoms. The van der Waals surface area contributed by atoms with Crippen LogP contribution in [0.15, 0.2) is 0 Å². The number of rotatable bonds is 2. The van der Waals surface area contributed by atoms with E-state index in [9.17, 15) is 4.57 Å². The van der Waals surface area contributed by atoms with Gasteiger partial charge < -0.3 is 4.89 Å². The van der Waals surface area contributed by atoms with Crippen LogP contribution in [0, 0.1) is 0 Å². The van der Waals surface area contributed by atoms with Crippen LogP contribution < -0.4 is 0 Å². The minimum Gasteiger partial charge on any atom is -0.313 e. The molecular weight excluding hydrogens is 245 g/mol. The second kappa shape index (κ2) is 3.81. The predicted octanol–water partition coefficient (Wildman–Crippen LogP) is 2.71. The summed E-state index contributed by atoms with van der Waals surface area (Å²) < 4.78 is 12.5. The fourth-order valence-corrected chi connectivity index (χ4v) is 1.04. The lowest BCUT2D eigenvalue weighted by Crippen LogP contribution is -2.10. The molecule has 1 N–H and O–H groups in total. The summed E-state index contributed by atoms with van der Waals surface area (Å²) in [5.41, 5.74) is 0. The maximum absolute atomic E-state index is 10.2. The Morgan fingerprint density at radius 2 is 1.90 bits per heavy atom. The van der Waals surface area contributed by atoms with E-state index >= 15 is 0 Å². The Hall–Kier alpha value is 1.31. The summed E-state index contributed by atoms with van der Waals surface area (Å²) in [5, 5.41) is 0. The molecule has 0 saturated carbocycles. The van der Waals surface area contributed by atoms with Gasteiger partial charge in [0.1, 0.15) is 6.61 Å². The zero-order valence-electron chi connectivity index (χ0n) is 4.43. The summed E-state index contributed by atoms with van der Waals surface area (Å²) in [6, 6.07) is 0. The highest BCUT2D eigenvalue weighted by Crippen LogP contribution is 2.49. The van der Waals surface area contributed by atoms with E-state index < -0.39 is 17.3 Å². The molecule has 0 saturated heterocycles. The molecule has 1 atom stereocenters. The van der Waals surface area contributed by atoms with Crippen molar-refractivity contribution in [2.75, 3.05) is 6.61 Å². The van der Waals surface area contributed by atoms with Gasteiger partial charge in [0, 0.05) is 11.2 Å². The second-order valence-corrected chi connectivity index (χ2v) is 6.30. The molecule has 1 unspecified atom stereocenters. The van der Waals surface area contributed by atoms with E-state index in [-0.39, 0.29) is 0 Å². The SMILES string of the molecule is O=P(O)(Cl)OCC(Cl)(Cl)Cl. The Kier molecular flexibility index (Phi) is 4.31. The molecule has 0 aromatic rings. The van der Waals surface area contributed by atoms with E-state index in [2.05, 4.69) is 4.52 Å². The summed E-state index contributed by atoms with van der Waals surface area (Å²) >= 11 is 20.2. The first-order valence-corrected chi connectivity index (χ1v) is 5.56. The molecule has 0 amide bonds. The van der Waals surface area contributed by atoms with Crippen molar-refractivity contribution in [3.8, 4) is 0 Å². The topological polar surface area (TPSA) is 46.5 Å². The molecule has 0 spiro atoms. The van der Waals surface area contributed by atoms with Crippen LogP contribution in [-0.2, 0) is 9.09 Å². The molecule has 0 aliphatic carbocycles. The lowest BCUT2D eigenvalue weighted by Gasteiger charge is -2.10. The molecule has 0 aromatic carbocycles. The molecule has 0 radical (unpaired) electrons. The summed E-state index contributed by atoms with van der Waals surface area (Å²) in [6.45, 7) is -4.56. The monoisotopic (exact) mass is 246 g/mol. The average molecular weight is 248 g/mol. The standard InChI is InChI=1S/C2H3Cl4O3P/c3-2(4,5)1-9-10(6,7)8/h1H2,(H,7,8). The van der Waals surface area contributed by atoms with Crippen molar-refractivity contribution >= 4 is 53.0 Å². The first-order valence-electron chi connectivity index (χ1n) is 1.94. The third-order valence-corrected chi connectivity index (χ3v) is 1.46. The molecule has 0 rings (SSSR count). The van der Waals surface area contributed by atoms with E-state index in [0.717, 1.165) is 0 Å². The number of hydrogen-bond donors (Lipinski definition) is 1. The Bertz CT molecular complexity index is 147. The number of hydrogen-bond acceptors (Lipinski definition) is 2. The van der Waals surface area contributed by atoms with Crippen molar-refractivity contribution in [3.05, 3.63) is 0 Å². The molecule has 0 aliphatic rings. The lowest BCUT2D eigenvalue weighted by atomic mass is 10.9. The Labute approximate surface area is 77.5 Å². The predicted molar refractivity (Wildman–Crippen MR) is 41.9 cm³/mol. The van der Waals surface area contributed by atoms with Crippen LogP contribution in [-0.4, -0.2) is 15.3 Å². The summed E-state index contributed by atoms with van der Waals surface area (Å²) in [7, 11) is 0. The van der Waals surface area contributed by atoms with Gasteiger partial charge in [-0.1, -0.05) is 34.8 Å². The van der Waals surface area contributed by atoms with Crippen molar-refractivity contribution in [2.45, 2.75) is 3.79 Å². The molecule has 0 heterocycles. The van der Waals surface area contributed by atoms with E-state index in [4.69, 9.17) is 50.9 Å². The van der Waals surface area contributed by atoms with Gasteiger partial charge in [-0.3, -0.25) is 4.52 Å². The van der Waals surface area contributed by atoms with Gasteiger partial charge in [-0.2, -0.15) is 0 Å². The Balaban J connectivity index is 3.67. The molecular formula is C2H3Cl4O3P. The third-order valence-electron chi connectivity index (χ3n) is 0.387. The van der Waals surface area contributed by atoms with Crippen LogP contribution in [0.2, 0.25) is 0 Å². The molecule has 0 aromatic heterocycles. The zero-order valence-corrected chi connectivity index (χ0v) is 8.35. The van der Waals surface area contributed by atoms with Gasteiger partial charge in [0.2, 0.25) is 3.79 Å². The zero-order chi connectivity index (χ0) is 8.41. The van der Waals surface area contributed by atoms with Gasteiger partial charge in [0.05, 0.1) is 0 Å². The van der Waals surface area contributed by atoms with Crippen LogP contribution in [0.5, 0.6) is 0 Å². The second-order valence-electron chi connectivity index (χ2n) is 1.34. The summed E-state index contributed by atoms with van der Waals surface area (Å²) in [6.07, 6.45) is 0. The lowest BCUT2D eigenvalue weighted by molar-refractivity contribution is 0.280. The van der Waals surface area contributed by atoms with Crippen LogP contribution in [0.3, 0.4) is 0 Å². The van der Waals surface area contributed by atoms with Gasteiger partial charge in [-0.05, 0) is 0 Å². The molecule has 0 aliphatic heterocycles. The van der Waals surface area contributed by atoms with Gasteiger partial charge in [0.15, 0.2) is 0 Å². The molecule has 62 valence electrons. The first kappa shape index (κ1) is 11.3. The van der Waals surface area contributed by atoms with Gasteiger partial charge in [-0.15, -0.1) is 0 Å². The normalized spacial score (nSPS) is 18.5. The highest BCUT2D eigenvalue weighted by molar-refractivity contribution is 7.80. The van der Waals surface area contributed by atoms with Gasteiger partial charge in [-0.25, -0.2) is 4.57 Å². The molecule has 0 fully saturated rings. The minimum absolute atomic E-state index is 0.519. The van der Waals surface area contributed by atoms with E-state index in [0.29, 0.717) is 0 Å². The van der Waals surface area contributed by atoms with Crippen molar-refractivity contribution in [1.29, 1.82) is 0 Å². The molecule has 10 heavy (non-hydrogen) atoms. The smallest absolute Gasteiger partial charge is 0.313 e. The highest BCUT2D eigenvalue weighted by atomic mass is 35.7. The van der Waals surface area contributed by atoms with Gasteiger partial charge >= 0.3 is 6.95 Å². The van der Waals surface area contributed by atoms with Crippen molar-refractivity contribution < 1.29 is 14.0 Å². The van der Waals surface area contributed by atoms with Crippen LogP contribution in [0.4, 0.5) is 0 Å². The van der Waals surface area contributed by atoms with E-state index in [1.165, 1.54) is 0 Å². The summed E-state index contributed by atoms with van der Waals surface area (Å²) in [5.74, 6) is 0. The first-order chi connectivity index (χ1) is 4.21. The third kappa shape index (κ3) is 9.31.